The van der Waals surface area contributed by atoms with Crippen molar-refractivity contribution >= 4 is 16.1 Å². The first kappa shape index (κ1) is 23.3. The molecule has 0 amide bonds. The van der Waals surface area contributed by atoms with Gasteiger partial charge in [-0.1, -0.05) is 74.8 Å². The zero-order valence-electron chi connectivity index (χ0n) is 20.7. The lowest BCUT2D eigenvalue weighted by molar-refractivity contribution is -0.113. The summed E-state index contributed by atoms with van der Waals surface area (Å²) in [5, 5.41) is 0. The molecule has 33 heavy (non-hydrogen) atoms. The van der Waals surface area contributed by atoms with Gasteiger partial charge in [0.25, 0.3) is 0 Å². The molecule has 0 radical (unpaired) electrons. The first-order valence-corrected chi connectivity index (χ1v) is 18.8. The molecule has 0 heterocycles. The Bertz CT molecular complexity index is 1180. The summed E-state index contributed by atoms with van der Waals surface area (Å²) in [4.78, 5) is 0. The van der Waals surface area contributed by atoms with E-state index in [0.717, 1.165) is 41.5 Å². The van der Waals surface area contributed by atoms with Crippen LogP contribution in [0, 0.1) is 57.4 Å². The van der Waals surface area contributed by atoms with Crippen LogP contribution in [0.5, 0.6) is 0 Å². The van der Waals surface area contributed by atoms with Crippen molar-refractivity contribution in [2.45, 2.75) is 58.5 Å². The Morgan fingerprint density at radius 1 is 0.485 bits per heavy atom. The maximum absolute atomic E-state index is 3.55. The van der Waals surface area contributed by atoms with Gasteiger partial charge >= 0.3 is 0 Å². The van der Waals surface area contributed by atoms with Gasteiger partial charge in [-0.3, -0.25) is 0 Å². The maximum atomic E-state index is 3.55. The van der Waals surface area contributed by atoms with E-state index in [2.05, 4.69) is 134 Å². The summed E-state index contributed by atoms with van der Waals surface area (Å²) in [6.45, 7) is 13.6. The van der Waals surface area contributed by atoms with Crippen LogP contribution in [0.3, 0.4) is 0 Å². The Kier molecular flexibility index (Phi) is 5.98. The van der Waals surface area contributed by atoms with Gasteiger partial charge in [0, 0.05) is 33.1 Å². The van der Waals surface area contributed by atoms with Crippen molar-refractivity contribution in [2.24, 2.45) is 10.8 Å². The van der Waals surface area contributed by atoms with Crippen LogP contribution < -0.4 is 0 Å². The highest BCUT2D eigenvalue weighted by atomic mass is 28.3. The quantitative estimate of drug-likeness (QED) is 0.302. The van der Waals surface area contributed by atoms with E-state index in [9.17, 15) is 0 Å². The lowest BCUT2D eigenvalue weighted by Gasteiger charge is -2.65. The molecule has 2 heteroatoms. The molecule has 2 bridgehead atoms. The van der Waals surface area contributed by atoms with Crippen LogP contribution >= 0.6 is 0 Å². The smallest absolute Gasteiger partial charge is 0.127 e. The lowest BCUT2D eigenvalue weighted by Crippen LogP contribution is -2.60. The Balaban J connectivity index is 1.33. The first-order chi connectivity index (χ1) is 15.4. The van der Waals surface area contributed by atoms with Crippen LogP contribution in [0.4, 0.5) is 0 Å². The molecule has 5 rings (SSSR count). The fourth-order valence-corrected chi connectivity index (χ4v) is 5.29. The van der Waals surface area contributed by atoms with Gasteiger partial charge in [0.15, 0.2) is 0 Å². The third kappa shape index (κ3) is 6.12. The van der Waals surface area contributed by atoms with Crippen LogP contribution in [0.25, 0.3) is 0 Å². The van der Waals surface area contributed by atoms with Gasteiger partial charge in [0.1, 0.15) is 16.1 Å². The third-order valence-electron chi connectivity index (χ3n) is 5.91. The second-order valence-corrected chi connectivity index (χ2v) is 21.2. The highest BCUT2D eigenvalue weighted by molar-refractivity contribution is 6.84. The average Bonchev–Trinajstić information content (AvgIpc) is 2.69. The van der Waals surface area contributed by atoms with Gasteiger partial charge in [0.05, 0.1) is 0 Å². The summed E-state index contributed by atoms with van der Waals surface area (Å²) in [7, 11) is -2.68. The molecule has 0 spiro atoms. The standard InChI is InChI=1S/C31H32Si2/c1-32(2,3)21-17-28-11-7-26(8-12-28)15-19-30-23-31(24-30,25-30)20-16-27-9-13-29(14-10-27)18-22-33(4,5)6/h7-14H,23-25H2,1-6H3. The van der Waals surface area contributed by atoms with Crippen molar-refractivity contribution in [3.8, 4) is 46.6 Å². The Labute approximate surface area is 202 Å². The van der Waals surface area contributed by atoms with Crippen LogP contribution in [0.2, 0.25) is 39.3 Å². The maximum Gasteiger partial charge on any atom is 0.129 e. The van der Waals surface area contributed by atoms with Crippen molar-refractivity contribution < 1.29 is 0 Å². The molecular weight excluding hydrogens is 429 g/mol. The van der Waals surface area contributed by atoms with Crippen molar-refractivity contribution in [2.75, 3.05) is 0 Å². The van der Waals surface area contributed by atoms with E-state index in [-0.39, 0.29) is 10.8 Å². The van der Waals surface area contributed by atoms with Gasteiger partial charge in [-0.25, -0.2) is 0 Å². The van der Waals surface area contributed by atoms with Crippen LogP contribution in [0.15, 0.2) is 48.5 Å². The molecule has 164 valence electrons. The van der Waals surface area contributed by atoms with E-state index < -0.39 is 16.1 Å². The summed E-state index contributed by atoms with van der Waals surface area (Å²) in [5.74, 6) is 20.5. The molecular formula is C31H32Si2. The zero-order chi connectivity index (χ0) is 23.7. The van der Waals surface area contributed by atoms with Crippen molar-refractivity contribution in [1.29, 1.82) is 0 Å². The van der Waals surface area contributed by atoms with Gasteiger partial charge in [-0.15, -0.1) is 11.1 Å². The Morgan fingerprint density at radius 2 is 0.758 bits per heavy atom. The fraction of sp³-hybridized carbons (Fsp3) is 0.355. The molecule has 0 nitrogen and oxygen atoms in total. The molecule has 0 unspecified atom stereocenters. The number of hydrogen-bond acceptors (Lipinski definition) is 0. The van der Waals surface area contributed by atoms with E-state index in [1.807, 2.05) is 0 Å². The monoisotopic (exact) mass is 460 g/mol. The van der Waals surface area contributed by atoms with Crippen molar-refractivity contribution in [3.05, 3.63) is 70.8 Å². The normalized spacial score (nSPS) is 22.4. The number of rotatable bonds is 0. The summed E-state index contributed by atoms with van der Waals surface area (Å²) in [6, 6.07) is 16.8. The fourth-order valence-electron chi connectivity index (χ4n) is 4.26. The average molecular weight is 461 g/mol. The minimum Gasteiger partial charge on any atom is -0.127 e. The lowest BCUT2D eigenvalue weighted by atomic mass is 9.36. The molecule has 0 aliphatic heterocycles. The van der Waals surface area contributed by atoms with Crippen LogP contribution in [-0.2, 0) is 0 Å². The summed E-state index contributed by atoms with van der Waals surface area (Å²) < 4.78 is 0. The molecule has 3 fully saturated rings. The molecule has 3 aliphatic rings. The predicted octanol–water partition coefficient (Wildman–Crippen LogP) is 6.72. The Morgan fingerprint density at radius 3 is 1.03 bits per heavy atom. The summed E-state index contributed by atoms with van der Waals surface area (Å²) in [5.41, 5.74) is 11.5. The topological polar surface area (TPSA) is 0 Å². The number of benzene rings is 2. The van der Waals surface area contributed by atoms with E-state index in [1.165, 1.54) is 0 Å². The van der Waals surface area contributed by atoms with Gasteiger partial charge in [0.2, 0.25) is 0 Å². The first-order valence-electron chi connectivity index (χ1n) is 11.8. The molecule has 3 aliphatic carbocycles. The molecule has 2 aromatic carbocycles. The molecule has 0 aromatic heterocycles. The van der Waals surface area contributed by atoms with E-state index in [4.69, 9.17) is 0 Å². The highest BCUT2D eigenvalue weighted by Crippen LogP contribution is 2.72. The van der Waals surface area contributed by atoms with Gasteiger partial charge < -0.3 is 0 Å². The van der Waals surface area contributed by atoms with Crippen LogP contribution in [-0.4, -0.2) is 16.1 Å². The van der Waals surface area contributed by atoms with Crippen molar-refractivity contribution in [1.82, 2.24) is 0 Å². The van der Waals surface area contributed by atoms with Gasteiger partial charge in [-0.2, -0.15) is 0 Å². The van der Waals surface area contributed by atoms with E-state index >= 15 is 0 Å². The highest BCUT2D eigenvalue weighted by Gasteiger charge is 2.66. The second kappa shape index (κ2) is 8.47. The van der Waals surface area contributed by atoms with E-state index in [0.29, 0.717) is 0 Å². The third-order valence-corrected chi connectivity index (χ3v) is 7.66. The molecule has 3 saturated carbocycles. The zero-order valence-corrected chi connectivity index (χ0v) is 22.7. The van der Waals surface area contributed by atoms with Crippen LogP contribution in [0.1, 0.15) is 41.5 Å². The molecule has 2 aromatic rings. The minimum atomic E-state index is -1.34. The Hall–Kier alpha value is -2.89. The molecule has 0 atom stereocenters. The largest absolute Gasteiger partial charge is 0.129 e. The van der Waals surface area contributed by atoms with E-state index in [1.54, 1.807) is 0 Å². The second-order valence-electron chi connectivity index (χ2n) is 11.7. The molecule has 0 saturated heterocycles. The number of hydrogen-bond donors (Lipinski definition) is 0. The summed E-state index contributed by atoms with van der Waals surface area (Å²) in [6.07, 6.45) is 3.33. The summed E-state index contributed by atoms with van der Waals surface area (Å²) >= 11 is 0. The van der Waals surface area contributed by atoms with Crippen molar-refractivity contribution in [3.63, 3.8) is 0 Å². The van der Waals surface area contributed by atoms with Gasteiger partial charge in [-0.05, 0) is 67.8 Å². The molecule has 0 N–H and O–H groups in total. The SMILES string of the molecule is C[Si](C)(C)C#Cc1ccc(C#CC23CC(C#Cc4ccc(C#C[Si](C)(C)C)cc4)(C2)C3)cc1. The predicted molar refractivity (Wildman–Crippen MR) is 146 cm³/mol. The minimum absolute atomic E-state index is 0.196.